The number of hydrogen-bond donors (Lipinski definition) is 4. The van der Waals surface area contributed by atoms with E-state index < -0.39 is 47.5 Å². The Kier molecular flexibility index (Phi) is 5.60. The number of hydrogen-bond acceptors (Lipinski definition) is 8. The number of anilines is 1. The van der Waals surface area contributed by atoms with E-state index in [1.54, 1.807) is 0 Å². The average Bonchev–Trinajstić information content (AvgIpc) is 2.64. The molecule has 162 valence electrons. The number of unbranched alkanes of at least 4 members (excludes halogenated alkanes) is 2. The van der Waals surface area contributed by atoms with Crippen molar-refractivity contribution >= 4 is 48.5 Å². The van der Waals surface area contributed by atoms with E-state index in [1.165, 1.54) is 0 Å². The van der Waals surface area contributed by atoms with Gasteiger partial charge in [0.1, 0.15) is 4.90 Å². The standard InChI is InChI=1S/C17H19N3O8S2/c18-4-2-1-3-5-20-16(21)11-7-9(29(23,24)25)6-10-14(11)12(17(20)22)8-13(15(10)19)30(26,27)28/h6-8H,1-5,18-19H2,(H,23,24,25)(H,26,27,28). The zero-order valence-electron chi connectivity index (χ0n) is 15.5. The molecule has 1 heterocycles. The van der Waals surface area contributed by atoms with Gasteiger partial charge in [-0.15, -0.1) is 0 Å². The summed E-state index contributed by atoms with van der Waals surface area (Å²) in [6.45, 7) is 0.416. The summed E-state index contributed by atoms with van der Waals surface area (Å²) in [6.07, 6.45) is 1.71. The predicted molar refractivity (Wildman–Crippen MR) is 106 cm³/mol. The van der Waals surface area contributed by atoms with Gasteiger partial charge in [-0.2, -0.15) is 16.8 Å². The molecule has 0 aromatic heterocycles. The molecule has 2 aromatic carbocycles. The average molecular weight is 457 g/mol. The molecule has 0 saturated heterocycles. The molecule has 0 radical (unpaired) electrons. The molecule has 0 fully saturated rings. The van der Waals surface area contributed by atoms with Gasteiger partial charge in [-0.05, 0) is 37.6 Å². The fourth-order valence-corrected chi connectivity index (χ4v) is 4.60. The maximum atomic E-state index is 12.9. The highest BCUT2D eigenvalue weighted by molar-refractivity contribution is 7.86. The molecule has 11 nitrogen and oxygen atoms in total. The van der Waals surface area contributed by atoms with E-state index in [4.69, 9.17) is 11.5 Å². The second kappa shape index (κ2) is 7.59. The van der Waals surface area contributed by atoms with Crippen LogP contribution in [0, 0.1) is 0 Å². The molecule has 0 unspecified atom stereocenters. The number of nitrogens with two attached hydrogens (primary N) is 2. The molecule has 0 bridgehead atoms. The van der Waals surface area contributed by atoms with Crippen LogP contribution in [0.2, 0.25) is 0 Å². The van der Waals surface area contributed by atoms with Crippen LogP contribution in [-0.2, 0) is 20.2 Å². The van der Waals surface area contributed by atoms with Crippen molar-refractivity contribution in [3.8, 4) is 0 Å². The summed E-state index contributed by atoms with van der Waals surface area (Å²) < 4.78 is 65.8. The van der Waals surface area contributed by atoms with Gasteiger partial charge in [-0.1, -0.05) is 6.42 Å². The van der Waals surface area contributed by atoms with Crippen molar-refractivity contribution < 1.29 is 35.5 Å². The lowest BCUT2D eigenvalue weighted by molar-refractivity contribution is 0.0607. The zero-order valence-corrected chi connectivity index (χ0v) is 17.2. The third kappa shape index (κ3) is 3.77. The summed E-state index contributed by atoms with van der Waals surface area (Å²) >= 11 is 0. The Hall–Kier alpha value is -2.58. The van der Waals surface area contributed by atoms with Crippen LogP contribution in [0.1, 0.15) is 40.0 Å². The highest BCUT2D eigenvalue weighted by Crippen LogP contribution is 2.39. The minimum absolute atomic E-state index is 0.0136. The fraction of sp³-hybridized carbons (Fsp3) is 0.294. The van der Waals surface area contributed by atoms with Crippen molar-refractivity contribution in [2.24, 2.45) is 5.73 Å². The van der Waals surface area contributed by atoms with E-state index in [1.807, 2.05) is 0 Å². The second-order valence-corrected chi connectivity index (χ2v) is 9.60. The van der Waals surface area contributed by atoms with Gasteiger partial charge in [0.05, 0.1) is 21.7 Å². The van der Waals surface area contributed by atoms with Gasteiger partial charge in [0.15, 0.2) is 0 Å². The van der Waals surface area contributed by atoms with Crippen molar-refractivity contribution in [2.45, 2.75) is 29.1 Å². The first kappa shape index (κ1) is 22.1. The molecule has 3 rings (SSSR count). The molecule has 0 spiro atoms. The highest BCUT2D eigenvalue weighted by Gasteiger charge is 2.36. The number of nitrogens with zero attached hydrogens (tertiary/aromatic N) is 1. The third-order valence-corrected chi connectivity index (χ3v) is 6.55. The number of nitrogen functional groups attached to an aromatic ring is 1. The minimum Gasteiger partial charge on any atom is -0.397 e. The lowest BCUT2D eigenvalue weighted by Gasteiger charge is -2.28. The molecular weight excluding hydrogens is 438 g/mol. The van der Waals surface area contributed by atoms with E-state index in [0.29, 0.717) is 25.8 Å². The normalized spacial score (nSPS) is 14.6. The zero-order chi connectivity index (χ0) is 22.4. The maximum Gasteiger partial charge on any atom is 0.296 e. The van der Waals surface area contributed by atoms with E-state index in [2.05, 4.69) is 0 Å². The van der Waals surface area contributed by atoms with Crippen LogP contribution < -0.4 is 11.5 Å². The molecule has 0 atom stereocenters. The topological polar surface area (TPSA) is 198 Å². The second-order valence-electron chi connectivity index (χ2n) is 6.79. The van der Waals surface area contributed by atoms with Gasteiger partial charge in [0.25, 0.3) is 32.1 Å². The summed E-state index contributed by atoms with van der Waals surface area (Å²) in [5.74, 6) is -1.62. The molecule has 1 aliphatic heterocycles. The van der Waals surface area contributed by atoms with Crippen molar-refractivity contribution in [3.05, 3.63) is 29.3 Å². The Morgan fingerprint density at radius 1 is 0.867 bits per heavy atom. The lowest BCUT2D eigenvalue weighted by atomic mass is 9.93. The van der Waals surface area contributed by atoms with Crippen LogP contribution in [0.25, 0.3) is 10.8 Å². The van der Waals surface area contributed by atoms with Crippen LogP contribution in [0.3, 0.4) is 0 Å². The van der Waals surface area contributed by atoms with E-state index >= 15 is 0 Å². The van der Waals surface area contributed by atoms with Crippen LogP contribution in [0.15, 0.2) is 28.0 Å². The highest BCUT2D eigenvalue weighted by atomic mass is 32.2. The lowest BCUT2D eigenvalue weighted by Crippen LogP contribution is -2.41. The van der Waals surface area contributed by atoms with Crippen molar-refractivity contribution in [3.63, 3.8) is 0 Å². The summed E-state index contributed by atoms with van der Waals surface area (Å²) in [5, 5.41) is -0.324. The number of carbonyl (C=O) groups excluding carboxylic acids is 2. The first-order chi connectivity index (χ1) is 13.9. The van der Waals surface area contributed by atoms with Crippen molar-refractivity contribution in [2.75, 3.05) is 18.8 Å². The van der Waals surface area contributed by atoms with Gasteiger partial charge in [0.2, 0.25) is 0 Å². The number of carbonyl (C=O) groups is 2. The van der Waals surface area contributed by atoms with Crippen molar-refractivity contribution in [1.29, 1.82) is 0 Å². The summed E-state index contributed by atoms with van der Waals surface area (Å²) in [6, 6.07) is 2.60. The Bertz CT molecular complexity index is 1260. The third-order valence-electron chi connectivity index (χ3n) is 4.82. The van der Waals surface area contributed by atoms with E-state index in [-0.39, 0.29) is 28.4 Å². The quantitative estimate of drug-likeness (QED) is 0.198. The number of rotatable bonds is 7. The largest absolute Gasteiger partial charge is 0.397 e. The summed E-state index contributed by atoms with van der Waals surface area (Å²) in [4.78, 5) is 25.2. The number of benzene rings is 2. The van der Waals surface area contributed by atoms with E-state index in [0.717, 1.165) is 23.1 Å². The molecule has 2 amide bonds. The Balaban J connectivity index is 2.33. The van der Waals surface area contributed by atoms with Gasteiger partial charge >= 0.3 is 0 Å². The molecule has 13 heteroatoms. The monoisotopic (exact) mass is 457 g/mol. The molecule has 0 aliphatic carbocycles. The fourth-order valence-electron chi connectivity index (χ4n) is 3.41. The summed E-state index contributed by atoms with van der Waals surface area (Å²) in [5.41, 5.74) is 10.2. The van der Waals surface area contributed by atoms with Gasteiger partial charge in [-0.3, -0.25) is 23.6 Å². The van der Waals surface area contributed by atoms with Crippen LogP contribution in [0.4, 0.5) is 5.69 Å². The molecule has 6 N–H and O–H groups in total. The Morgan fingerprint density at radius 2 is 1.47 bits per heavy atom. The molecule has 2 aromatic rings. The maximum absolute atomic E-state index is 12.9. The molecule has 0 saturated carbocycles. The van der Waals surface area contributed by atoms with E-state index in [9.17, 15) is 35.5 Å². The smallest absolute Gasteiger partial charge is 0.296 e. The minimum atomic E-state index is -4.88. The van der Waals surface area contributed by atoms with Gasteiger partial charge in [-0.25, -0.2) is 0 Å². The van der Waals surface area contributed by atoms with Crippen LogP contribution in [0.5, 0.6) is 0 Å². The van der Waals surface area contributed by atoms with Crippen LogP contribution in [-0.4, -0.2) is 55.7 Å². The molecule has 1 aliphatic rings. The molecular formula is C17H19N3O8S2. The Labute approximate surface area is 172 Å². The Morgan fingerprint density at radius 3 is 2.00 bits per heavy atom. The predicted octanol–water partition coefficient (Wildman–Crippen LogP) is 0.640. The molecule has 30 heavy (non-hydrogen) atoms. The number of amides is 2. The SMILES string of the molecule is NCCCCCN1C(=O)c2cc(S(=O)(=O)O)cc3c(N)c(S(=O)(=O)O)cc(c23)C1=O. The van der Waals surface area contributed by atoms with Crippen LogP contribution >= 0.6 is 0 Å². The summed E-state index contributed by atoms with van der Waals surface area (Å²) in [7, 11) is -9.68. The first-order valence-electron chi connectivity index (χ1n) is 8.79. The van der Waals surface area contributed by atoms with Crippen molar-refractivity contribution in [1.82, 2.24) is 4.90 Å². The first-order valence-corrected chi connectivity index (χ1v) is 11.7. The van der Waals surface area contributed by atoms with Gasteiger partial charge < -0.3 is 11.5 Å². The van der Waals surface area contributed by atoms with Gasteiger partial charge in [0, 0.05) is 17.3 Å². The number of imide groups is 1.